The fraction of sp³-hybridized carbons (Fsp3) is 0.500. The van der Waals surface area contributed by atoms with E-state index in [1.807, 2.05) is 38.1 Å². The van der Waals surface area contributed by atoms with Gasteiger partial charge in [-0.05, 0) is 45.7 Å². The van der Waals surface area contributed by atoms with Gasteiger partial charge in [-0.2, -0.15) is 0 Å². The maximum absolute atomic E-state index is 12.7. The fourth-order valence-electron chi connectivity index (χ4n) is 4.31. The third-order valence-electron chi connectivity index (χ3n) is 6.09. The van der Waals surface area contributed by atoms with E-state index in [1.165, 1.54) is 35.1 Å². The minimum Gasteiger partial charge on any atom is -0.483 e. The molecule has 4 rings (SSSR count). The van der Waals surface area contributed by atoms with Gasteiger partial charge in [0, 0.05) is 11.4 Å². The zero-order valence-corrected chi connectivity index (χ0v) is 23.1. The highest BCUT2D eigenvalue weighted by molar-refractivity contribution is 7.99. The first kappa shape index (κ1) is 27.1. The van der Waals surface area contributed by atoms with Crippen LogP contribution in [-0.4, -0.2) is 44.0 Å². The molecule has 2 heterocycles. The molecule has 1 aliphatic carbocycles. The van der Waals surface area contributed by atoms with E-state index in [4.69, 9.17) is 9.47 Å². The Balaban J connectivity index is 1.41. The predicted molar refractivity (Wildman–Crippen MR) is 144 cm³/mol. The van der Waals surface area contributed by atoms with Crippen LogP contribution in [0.4, 0.5) is 5.13 Å². The molecule has 2 aromatic heterocycles. The molecule has 1 aromatic carbocycles. The molecule has 0 aliphatic heterocycles. The van der Waals surface area contributed by atoms with Gasteiger partial charge in [-0.15, -0.1) is 21.5 Å². The topological polar surface area (TPSA) is 108 Å². The van der Waals surface area contributed by atoms with Crippen LogP contribution < -0.4 is 10.1 Å². The van der Waals surface area contributed by atoms with Crippen LogP contribution in [0.25, 0.3) is 0 Å². The molecule has 198 valence electrons. The van der Waals surface area contributed by atoms with Crippen molar-refractivity contribution < 1.29 is 19.1 Å². The number of aromatic nitrogens is 4. The highest BCUT2D eigenvalue weighted by Gasteiger charge is 2.27. The number of amides is 1. The van der Waals surface area contributed by atoms with Crippen molar-refractivity contribution in [2.45, 2.75) is 76.6 Å². The van der Waals surface area contributed by atoms with Crippen molar-refractivity contribution in [1.82, 2.24) is 19.7 Å². The van der Waals surface area contributed by atoms with Crippen LogP contribution >= 0.6 is 23.1 Å². The van der Waals surface area contributed by atoms with Crippen LogP contribution in [0.3, 0.4) is 0 Å². The molecular formula is C26H33N5O4S2. The van der Waals surface area contributed by atoms with Gasteiger partial charge in [-0.25, -0.2) is 4.98 Å². The second-order valence-corrected chi connectivity index (χ2v) is 10.8. The number of anilines is 1. The number of thiazole rings is 1. The minimum atomic E-state index is -0.334. The van der Waals surface area contributed by atoms with Crippen molar-refractivity contribution in [3.8, 4) is 5.75 Å². The van der Waals surface area contributed by atoms with Gasteiger partial charge in [-0.1, -0.05) is 48.7 Å². The molecule has 1 unspecified atom stereocenters. The lowest BCUT2D eigenvalue weighted by Gasteiger charge is -2.27. The average Bonchev–Trinajstić information content (AvgIpc) is 3.51. The molecule has 9 nitrogen and oxygen atoms in total. The van der Waals surface area contributed by atoms with Crippen LogP contribution in [0.5, 0.6) is 5.75 Å². The van der Waals surface area contributed by atoms with E-state index in [0.29, 0.717) is 17.4 Å². The zero-order valence-electron chi connectivity index (χ0n) is 21.4. The maximum Gasteiger partial charge on any atom is 0.311 e. The van der Waals surface area contributed by atoms with Crippen LogP contribution in [0.1, 0.15) is 75.2 Å². The fourth-order valence-corrected chi connectivity index (χ4v) is 5.85. The molecule has 11 heteroatoms. The average molecular weight is 544 g/mol. The summed E-state index contributed by atoms with van der Waals surface area (Å²) >= 11 is 2.65. The lowest BCUT2D eigenvalue weighted by atomic mass is 9.95. The number of rotatable bonds is 11. The third kappa shape index (κ3) is 7.54. The first-order valence-corrected chi connectivity index (χ1v) is 14.5. The Morgan fingerprint density at radius 1 is 1.19 bits per heavy atom. The number of nitrogens with one attached hydrogen (secondary N) is 1. The van der Waals surface area contributed by atoms with Gasteiger partial charge >= 0.3 is 5.97 Å². The molecule has 3 aromatic rings. The summed E-state index contributed by atoms with van der Waals surface area (Å²) in [6, 6.07) is 8.26. The number of hydrogen-bond donors (Lipinski definition) is 1. The van der Waals surface area contributed by atoms with Crippen LogP contribution in [0, 0.1) is 6.92 Å². The molecule has 37 heavy (non-hydrogen) atoms. The molecule has 1 amide bonds. The van der Waals surface area contributed by atoms with Crippen LogP contribution in [0.2, 0.25) is 0 Å². The molecule has 0 bridgehead atoms. The van der Waals surface area contributed by atoms with Gasteiger partial charge in [0.05, 0.1) is 24.5 Å². The van der Waals surface area contributed by atoms with Crippen molar-refractivity contribution in [3.05, 3.63) is 46.7 Å². The number of benzene rings is 1. The number of carbonyl (C=O) groups is 2. The van der Waals surface area contributed by atoms with Crippen molar-refractivity contribution >= 4 is 40.1 Å². The Labute approximate surface area is 225 Å². The third-order valence-corrected chi connectivity index (χ3v) is 7.84. The highest BCUT2D eigenvalue weighted by atomic mass is 32.2. The van der Waals surface area contributed by atoms with Crippen molar-refractivity contribution in [3.63, 3.8) is 0 Å². The summed E-state index contributed by atoms with van der Waals surface area (Å²) in [7, 11) is 0. The van der Waals surface area contributed by atoms with Gasteiger partial charge in [-0.3, -0.25) is 14.2 Å². The lowest BCUT2D eigenvalue weighted by molar-refractivity contribution is -0.142. The molecule has 1 saturated carbocycles. The van der Waals surface area contributed by atoms with E-state index in [1.54, 1.807) is 12.3 Å². The summed E-state index contributed by atoms with van der Waals surface area (Å²) in [5.41, 5.74) is 1.76. The molecule has 1 N–H and O–H groups in total. The summed E-state index contributed by atoms with van der Waals surface area (Å²) in [5.74, 6) is 1.21. The van der Waals surface area contributed by atoms with Crippen LogP contribution in [0.15, 0.2) is 34.8 Å². The molecule has 0 saturated heterocycles. The zero-order chi connectivity index (χ0) is 26.2. The second-order valence-electron chi connectivity index (χ2n) is 9.04. The second kappa shape index (κ2) is 13.0. The molecular weight excluding hydrogens is 510 g/mol. The summed E-state index contributed by atoms with van der Waals surface area (Å²) in [6.45, 7) is 6.12. The number of hydrogen-bond acceptors (Lipinski definition) is 9. The summed E-state index contributed by atoms with van der Waals surface area (Å²) in [5, 5.41) is 14.7. The Bertz CT molecular complexity index is 1190. The summed E-state index contributed by atoms with van der Waals surface area (Å²) < 4.78 is 13.3. The standard InChI is InChI=1S/C26H33N5O4S2/c1-4-34-23(33)14-19-15-36-25(27-19)28-22(32)16-37-26-30-29-24(31(26)20-8-6-5-7-9-20)18(3)35-21-12-10-17(2)11-13-21/h10-13,15,18,20H,4-9,14,16H2,1-3H3,(H,27,28,32). The molecule has 0 radical (unpaired) electrons. The number of ether oxygens (including phenoxy) is 2. The Morgan fingerprint density at radius 2 is 1.95 bits per heavy atom. The van der Waals surface area contributed by atoms with E-state index in [-0.39, 0.29) is 36.2 Å². The number of esters is 1. The van der Waals surface area contributed by atoms with Gasteiger partial charge in [0.25, 0.3) is 0 Å². The van der Waals surface area contributed by atoms with Gasteiger partial charge < -0.3 is 14.8 Å². The van der Waals surface area contributed by atoms with Gasteiger partial charge in [0.1, 0.15) is 5.75 Å². The number of carbonyl (C=O) groups excluding carboxylic acids is 2. The largest absolute Gasteiger partial charge is 0.483 e. The Kier molecular flexibility index (Phi) is 9.56. The first-order valence-electron chi connectivity index (χ1n) is 12.6. The highest BCUT2D eigenvalue weighted by Crippen LogP contribution is 2.35. The van der Waals surface area contributed by atoms with Crippen molar-refractivity contribution in [2.75, 3.05) is 17.7 Å². The number of thioether (sulfide) groups is 1. The monoisotopic (exact) mass is 543 g/mol. The summed E-state index contributed by atoms with van der Waals surface area (Å²) in [4.78, 5) is 28.7. The molecule has 0 spiro atoms. The number of aryl methyl sites for hydroxylation is 1. The van der Waals surface area contributed by atoms with E-state index in [2.05, 4.69) is 25.1 Å². The quantitative estimate of drug-likeness (QED) is 0.249. The van der Waals surface area contributed by atoms with Crippen LogP contribution in [-0.2, 0) is 20.7 Å². The van der Waals surface area contributed by atoms with Crippen molar-refractivity contribution in [1.29, 1.82) is 0 Å². The Morgan fingerprint density at radius 3 is 2.68 bits per heavy atom. The maximum atomic E-state index is 12.7. The van der Waals surface area contributed by atoms with Gasteiger partial charge in [0.2, 0.25) is 5.91 Å². The lowest BCUT2D eigenvalue weighted by Crippen LogP contribution is -2.20. The summed E-state index contributed by atoms with van der Waals surface area (Å²) in [6.07, 6.45) is 5.49. The number of nitrogens with zero attached hydrogens (tertiary/aromatic N) is 4. The molecule has 1 aliphatic rings. The predicted octanol–water partition coefficient (Wildman–Crippen LogP) is 5.52. The Hall–Kier alpha value is -2.92. The molecule has 1 fully saturated rings. The molecule has 1 atom stereocenters. The van der Waals surface area contributed by atoms with E-state index < -0.39 is 0 Å². The van der Waals surface area contributed by atoms with E-state index in [0.717, 1.165) is 42.4 Å². The minimum absolute atomic E-state index is 0.0884. The van der Waals surface area contributed by atoms with Gasteiger partial charge in [0.15, 0.2) is 22.2 Å². The normalized spacial score (nSPS) is 14.8. The first-order chi connectivity index (χ1) is 17.9. The van der Waals surface area contributed by atoms with E-state index >= 15 is 0 Å². The van der Waals surface area contributed by atoms with Crippen molar-refractivity contribution in [2.24, 2.45) is 0 Å². The van der Waals surface area contributed by atoms with E-state index in [9.17, 15) is 9.59 Å². The smallest absolute Gasteiger partial charge is 0.311 e. The SMILES string of the molecule is CCOC(=O)Cc1csc(NC(=O)CSc2nnc(C(C)Oc3ccc(C)cc3)n2C2CCCCC2)n1.